The van der Waals surface area contributed by atoms with Crippen molar-refractivity contribution in [2.24, 2.45) is 0 Å². The number of aryl methyl sites for hydroxylation is 2. The third-order valence-corrected chi connectivity index (χ3v) is 3.85. The van der Waals surface area contributed by atoms with E-state index in [0.717, 1.165) is 24.4 Å². The minimum atomic E-state index is 0.283. The molecule has 0 atom stereocenters. The Morgan fingerprint density at radius 1 is 1.33 bits per heavy atom. The van der Waals surface area contributed by atoms with Gasteiger partial charge in [0.1, 0.15) is 12.4 Å². The van der Waals surface area contributed by atoms with Crippen LogP contribution in [0.2, 0.25) is 10.0 Å². The van der Waals surface area contributed by atoms with E-state index in [1.54, 1.807) is 18.2 Å². The predicted octanol–water partition coefficient (Wildman–Crippen LogP) is 4.22. The molecule has 0 bridgehead atoms. The second-order valence-electron chi connectivity index (χ2n) is 4.42. The maximum absolute atomic E-state index is 8.82. The maximum atomic E-state index is 8.82. The highest BCUT2D eigenvalue weighted by atomic mass is 35.5. The number of nitriles is 1. The van der Waals surface area contributed by atoms with Crippen molar-refractivity contribution in [1.82, 2.24) is 9.78 Å². The monoisotopic (exact) mass is 323 g/mol. The largest absolute Gasteiger partial charge is 0.486 e. The van der Waals surface area contributed by atoms with E-state index >= 15 is 0 Å². The molecule has 1 aromatic heterocycles. The van der Waals surface area contributed by atoms with Gasteiger partial charge < -0.3 is 4.74 Å². The summed E-state index contributed by atoms with van der Waals surface area (Å²) in [5.74, 6) is 0.522. The Balaban J connectivity index is 2.20. The van der Waals surface area contributed by atoms with Gasteiger partial charge in [-0.2, -0.15) is 10.4 Å². The van der Waals surface area contributed by atoms with Crippen molar-refractivity contribution in [3.05, 3.63) is 45.2 Å². The Labute approximate surface area is 133 Å². The molecule has 0 unspecified atom stereocenters. The standard InChI is InChI=1S/C15H15Cl2N3O/c1-3-12-15(17)13(20(4-2)19-12)9-21-14-6-5-10(8-18)7-11(14)16/h5-7H,3-4,9H2,1-2H3. The number of nitrogens with zero attached hydrogens (tertiary/aromatic N) is 3. The fourth-order valence-electron chi connectivity index (χ4n) is 1.99. The summed E-state index contributed by atoms with van der Waals surface area (Å²) in [6.45, 7) is 5.02. The molecule has 0 aliphatic carbocycles. The van der Waals surface area contributed by atoms with Crippen LogP contribution in [0, 0.1) is 11.3 Å². The van der Waals surface area contributed by atoms with E-state index in [1.807, 2.05) is 24.6 Å². The maximum Gasteiger partial charge on any atom is 0.138 e. The molecule has 2 rings (SSSR count). The van der Waals surface area contributed by atoms with Crippen LogP contribution < -0.4 is 4.74 Å². The first-order chi connectivity index (χ1) is 10.1. The van der Waals surface area contributed by atoms with Gasteiger partial charge in [-0.15, -0.1) is 0 Å². The molecule has 0 fully saturated rings. The van der Waals surface area contributed by atoms with Gasteiger partial charge in [0.15, 0.2) is 0 Å². The number of aromatic nitrogens is 2. The van der Waals surface area contributed by atoms with Crippen LogP contribution in [0.25, 0.3) is 0 Å². The first-order valence-corrected chi connectivity index (χ1v) is 7.42. The number of ether oxygens (including phenoxy) is 1. The number of hydrogen-bond donors (Lipinski definition) is 0. The van der Waals surface area contributed by atoms with Crippen molar-refractivity contribution < 1.29 is 4.74 Å². The highest BCUT2D eigenvalue weighted by Crippen LogP contribution is 2.28. The molecule has 0 aliphatic heterocycles. The lowest BCUT2D eigenvalue weighted by Crippen LogP contribution is -2.06. The van der Waals surface area contributed by atoms with E-state index in [4.69, 9.17) is 33.2 Å². The minimum Gasteiger partial charge on any atom is -0.486 e. The average molecular weight is 324 g/mol. The lowest BCUT2D eigenvalue weighted by Gasteiger charge is -2.09. The molecule has 0 saturated heterocycles. The highest BCUT2D eigenvalue weighted by molar-refractivity contribution is 6.32. The molecule has 6 heteroatoms. The fourth-order valence-corrected chi connectivity index (χ4v) is 2.55. The van der Waals surface area contributed by atoms with E-state index < -0.39 is 0 Å². The van der Waals surface area contributed by atoms with Gasteiger partial charge in [-0.05, 0) is 31.5 Å². The molecule has 1 aromatic carbocycles. The van der Waals surface area contributed by atoms with Crippen LogP contribution in [-0.2, 0) is 19.6 Å². The van der Waals surface area contributed by atoms with Crippen molar-refractivity contribution in [2.45, 2.75) is 33.4 Å². The fraction of sp³-hybridized carbons (Fsp3) is 0.333. The van der Waals surface area contributed by atoms with Gasteiger partial charge in [0.2, 0.25) is 0 Å². The molecule has 0 spiro atoms. The molecular weight excluding hydrogens is 309 g/mol. The summed E-state index contributed by atoms with van der Waals surface area (Å²) in [5, 5.41) is 14.3. The molecule has 110 valence electrons. The third kappa shape index (κ3) is 3.31. The molecule has 2 aromatic rings. The normalized spacial score (nSPS) is 10.4. The van der Waals surface area contributed by atoms with Crippen molar-refractivity contribution in [1.29, 1.82) is 5.26 Å². The molecule has 0 N–H and O–H groups in total. The first kappa shape index (κ1) is 15.7. The highest BCUT2D eigenvalue weighted by Gasteiger charge is 2.15. The summed E-state index contributed by atoms with van der Waals surface area (Å²) >= 11 is 12.4. The zero-order chi connectivity index (χ0) is 15.4. The minimum absolute atomic E-state index is 0.283. The Morgan fingerprint density at radius 3 is 2.67 bits per heavy atom. The van der Waals surface area contributed by atoms with E-state index in [2.05, 4.69) is 5.10 Å². The van der Waals surface area contributed by atoms with Gasteiger partial charge >= 0.3 is 0 Å². The molecule has 4 nitrogen and oxygen atoms in total. The van der Waals surface area contributed by atoms with E-state index in [9.17, 15) is 0 Å². The molecule has 21 heavy (non-hydrogen) atoms. The lowest BCUT2D eigenvalue weighted by atomic mass is 10.2. The Hall–Kier alpha value is -1.70. The van der Waals surface area contributed by atoms with E-state index in [1.165, 1.54) is 0 Å². The van der Waals surface area contributed by atoms with Crippen LogP contribution in [0.5, 0.6) is 5.75 Å². The molecule has 1 heterocycles. The first-order valence-electron chi connectivity index (χ1n) is 6.67. The average Bonchev–Trinajstić information content (AvgIpc) is 2.81. The number of rotatable bonds is 5. The van der Waals surface area contributed by atoms with Gasteiger partial charge in [0.05, 0.1) is 33.1 Å². The van der Waals surface area contributed by atoms with Crippen LogP contribution in [0.15, 0.2) is 18.2 Å². The van der Waals surface area contributed by atoms with Crippen LogP contribution in [-0.4, -0.2) is 9.78 Å². The zero-order valence-electron chi connectivity index (χ0n) is 11.9. The summed E-state index contributed by atoms with van der Waals surface area (Å²) in [4.78, 5) is 0. The smallest absolute Gasteiger partial charge is 0.138 e. The van der Waals surface area contributed by atoms with Crippen molar-refractivity contribution in [2.75, 3.05) is 0 Å². The zero-order valence-corrected chi connectivity index (χ0v) is 13.4. The SMILES string of the molecule is CCc1nn(CC)c(COc2ccc(C#N)cc2Cl)c1Cl. The Morgan fingerprint density at radius 2 is 2.10 bits per heavy atom. The van der Waals surface area contributed by atoms with Crippen molar-refractivity contribution >= 4 is 23.2 Å². The quantitative estimate of drug-likeness (QED) is 0.827. The summed E-state index contributed by atoms with van der Waals surface area (Å²) in [7, 11) is 0. The van der Waals surface area contributed by atoms with Crippen molar-refractivity contribution in [3.63, 3.8) is 0 Å². The van der Waals surface area contributed by atoms with Gasteiger partial charge in [-0.1, -0.05) is 30.1 Å². The number of benzene rings is 1. The number of halogens is 2. The predicted molar refractivity (Wildman–Crippen MR) is 82.8 cm³/mol. The van der Waals surface area contributed by atoms with E-state index in [0.29, 0.717) is 21.4 Å². The number of hydrogen-bond acceptors (Lipinski definition) is 3. The second-order valence-corrected chi connectivity index (χ2v) is 5.21. The summed E-state index contributed by atoms with van der Waals surface area (Å²) in [6, 6.07) is 6.96. The molecule has 0 saturated carbocycles. The van der Waals surface area contributed by atoms with Crippen LogP contribution >= 0.6 is 23.2 Å². The molecule has 0 radical (unpaired) electrons. The summed E-state index contributed by atoms with van der Waals surface area (Å²) in [5.41, 5.74) is 2.19. The van der Waals surface area contributed by atoms with Crippen molar-refractivity contribution in [3.8, 4) is 11.8 Å². The van der Waals surface area contributed by atoms with Crippen LogP contribution in [0.4, 0.5) is 0 Å². The van der Waals surface area contributed by atoms with Gasteiger partial charge in [-0.3, -0.25) is 4.68 Å². The third-order valence-electron chi connectivity index (χ3n) is 3.12. The van der Waals surface area contributed by atoms with Crippen LogP contribution in [0.3, 0.4) is 0 Å². The lowest BCUT2D eigenvalue weighted by molar-refractivity contribution is 0.292. The topological polar surface area (TPSA) is 50.8 Å². The Kier molecular flexibility index (Phi) is 5.11. The van der Waals surface area contributed by atoms with Gasteiger partial charge in [-0.25, -0.2) is 0 Å². The van der Waals surface area contributed by atoms with Crippen LogP contribution in [0.1, 0.15) is 30.8 Å². The van der Waals surface area contributed by atoms with E-state index in [-0.39, 0.29) is 6.61 Å². The molecule has 0 amide bonds. The molecular formula is C15H15Cl2N3O. The van der Waals surface area contributed by atoms with Gasteiger partial charge in [0, 0.05) is 6.54 Å². The Bertz CT molecular complexity index is 689. The summed E-state index contributed by atoms with van der Waals surface area (Å²) < 4.78 is 7.55. The second kappa shape index (κ2) is 6.84. The molecule has 0 aliphatic rings. The summed E-state index contributed by atoms with van der Waals surface area (Å²) in [6.07, 6.45) is 0.774. The van der Waals surface area contributed by atoms with Gasteiger partial charge in [0.25, 0.3) is 0 Å².